The first-order valence-corrected chi connectivity index (χ1v) is 11.0. The van der Waals surface area contributed by atoms with E-state index in [0.717, 1.165) is 5.56 Å². The maximum atomic E-state index is 11.8. The zero-order chi connectivity index (χ0) is 28.1. The number of carbonyl (C=O) groups excluding carboxylic acids is 2. The van der Waals surface area contributed by atoms with Crippen molar-refractivity contribution in [3.8, 4) is 11.5 Å². The molecule has 37 heavy (non-hydrogen) atoms. The SMILES string of the molecule is C[C@H](N)C(=O)OC[C@H](N)C(=O)Oc1ccc(C[C@H](N)C(=O)O)cc1.N[C@@H](Cc1ccc(O)cc1)C(=O)O. The number of carbonyl (C=O) groups is 4. The Hall–Kier alpha value is -4.04. The van der Waals surface area contributed by atoms with Gasteiger partial charge in [0.25, 0.3) is 0 Å². The molecule has 0 aromatic heterocycles. The molecule has 13 heteroatoms. The number of phenolic OH excluding ortho intramolecular Hbond substituents is 1. The zero-order valence-electron chi connectivity index (χ0n) is 20.2. The Morgan fingerprint density at radius 3 is 1.57 bits per heavy atom. The molecule has 0 aliphatic rings. The van der Waals surface area contributed by atoms with Crippen LogP contribution in [-0.4, -0.2) is 70.0 Å². The lowest BCUT2D eigenvalue weighted by Gasteiger charge is -2.13. The Balaban J connectivity index is 0.000000442. The van der Waals surface area contributed by atoms with Crippen molar-refractivity contribution >= 4 is 23.9 Å². The molecule has 0 fully saturated rings. The van der Waals surface area contributed by atoms with Crippen molar-refractivity contribution in [1.82, 2.24) is 0 Å². The van der Waals surface area contributed by atoms with E-state index in [2.05, 4.69) is 0 Å². The third-order valence-electron chi connectivity index (χ3n) is 4.70. The molecule has 0 aliphatic heterocycles. The highest BCUT2D eigenvalue weighted by molar-refractivity contribution is 5.79. The monoisotopic (exact) mass is 520 g/mol. The number of aromatic hydroxyl groups is 1. The first kappa shape index (κ1) is 31.0. The minimum Gasteiger partial charge on any atom is -0.508 e. The second-order valence-electron chi connectivity index (χ2n) is 8.05. The molecule has 202 valence electrons. The van der Waals surface area contributed by atoms with Gasteiger partial charge < -0.3 is 47.7 Å². The van der Waals surface area contributed by atoms with E-state index in [4.69, 9.17) is 47.7 Å². The number of nitrogens with two attached hydrogens (primary N) is 4. The number of phenols is 1. The third kappa shape index (κ3) is 12.0. The lowest BCUT2D eigenvalue weighted by atomic mass is 10.1. The topological polar surface area (TPSA) is 252 Å². The van der Waals surface area contributed by atoms with Gasteiger partial charge in [-0.2, -0.15) is 0 Å². The molecule has 2 rings (SSSR count). The van der Waals surface area contributed by atoms with Crippen LogP contribution in [0.3, 0.4) is 0 Å². The summed E-state index contributed by atoms with van der Waals surface area (Å²) in [6.45, 7) is 1.11. The van der Waals surface area contributed by atoms with Crippen molar-refractivity contribution in [1.29, 1.82) is 0 Å². The van der Waals surface area contributed by atoms with Gasteiger partial charge in [-0.25, -0.2) is 4.79 Å². The van der Waals surface area contributed by atoms with E-state index in [1.54, 1.807) is 24.3 Å². The number of hydrogen-bond donors (Lipinski definition) is 7. The molecule has 11 N–H and O–H groups in total. The fraction of sp³-hybridized carbons (Fsp3) is 0.333. The first-order valence-electron chi connectivity index (χ1n) is 11.0. The van der Waals surface area contributed by atoms with Crippen LogP contribution < -0.4 is 27.7 Å². The predicted octanol–water partition coefficient (Wildman–Crippen LogP) is -0.889. The van der Waals surface area contributed by atoms with E-state index in [9.17, 15) is 19.2 Å². The average molecular weight is 521 g/mol. The van der Waals surface area contributed by atoms with Crippen LogP contribution in [-0.2, 0) is 36.8 Å². The molecule has 0 heterocycles. The lowest BCUT2D eigenvalue weighted by Crippen LogP contribution is -2.41. The minimum absolute atomic E-state index is 0.149. The van der Waals surface area contributed by atoms with Crippen molar-refractivity contribution in [2.45, 2.75) is 43.9 Å². The van der Waals surface area contributed by atoms with Gasteiger partial charge in [0, 0.05) is 0 Å². The number of hydrogen-bond acceptors (Lipinski definition) is 11. The molecule has 0 radical (unpaired) electrons. The lowest BCUT2D eigenvalue weighted by molar-refractivity contribution is -0.148. The van der Waals surface area contributed by atoms with Gasteiger partial charge in [0.15, 0.2) is 0 Å². The van der Waals surface area contributed by atoms with Crippen molar-refractivity contribution in [3.63, 3.8) is 0 Å². The summed E-state index contributed by atoms with van der Waals surface area (Å²) >= 11 is 0. The third-order valence-corrected chi connectivity index (χ3v) is 4.70. The van der Waals surface area contributed by atoms with Crippen LogP contribution in [0.5, 0.6) is 11.5 Å². The number of carboxylic acid groups (broad SMARTS) is 2. The summed E-state index contributed by atoms with van der Waals surface area (Å²) in [5, 5.41) is 26.2. The van der Waals surface area contributed by atoms with E-state index in [-0.39, 0.29) is 30.9 Å². The van der Waals surface area contributed by atoms with Gasteiger partial charge >= 0.3 is 23.9 Å². The highest BCUT2D eigenvalue weighted by Gasteiger charge is 2.20. The zero-order valence-corrected chi connectivity index (χ0v) is 20.2. The summed E-state index contributed by atoms with van der Waals surface area (Å²) in [4.78, 5) is 44.1. The van der Waals surface area contributed by atoms with Crippen molar-refractivity contribution in [3.05, 3.63) is 59.7 Å². The van der Waals surface area contributed by atoms with Crippen molar-refractivity contribution < 1.29 is 44.0 Å². The maximum Gasteiger partial charge on any atom is 0.331 e. The number of benzene rings is 2. The molecule has 0 saturated heterocycles. The summed E-state index contributed by atoms with van der Waals surface area (Å²) in [7, 11) is 0. The van der Waals surface area contributed by atoms with Crippen molar-refractivity contribution in [2.75, 3.05) is 6.61 Å². The van der Waals surface area contributed by atoms with Crippen LogP contribution in [0.1, 0.15) is 18.1 Å². The van der Waals surface area contributed by atoms with Gasteiger partial charge in [0.2, 0.25) is 0 Å². The normalized spacial score (nSPS) is 13.6. The fourth-order valence-electron chi connectivity index (χ4n) is 2.57. The number of ether oxygens (including phenoxy) is 2. The molecule has 0 spiro atoms. The summed E-state index contributed by atoms with van der Waals surface area (Å²) in [5.41, 5.74) is 23.1. The van der Waals surface area contributed by atoms with E-state index >= 15 is 0 Å². The molecule has 0 aliphatic carbocycles. The van der Waals surface area contributed by atoms with Gasteiger partial charge in [-0.3, -0.25) is 14.4 Å². The number of carboxylic acids is 2. The second kappa shape index (κ2) is 15.2. The smallest absolute Gasteiger partial charge is 0.331 e. The van der Waals surface area contributed by atoms with Gasteiger partial charge in [-0.15, -0.1) is 0 Å². The highest BCUT2D eigenvalue weighted by Crippen LogP contribution is 2.14. The summed E-state index contributed by atoms with van der Waals surface area (Å²) in [6.07, 6.45) is 0.423. The molecule has 2 aromatic rings. The molecular formula is C24H32N4O9. The van der Waals surface area contributed by atoms with Crippen LogP contribution in [0.25, 0.3) is 0 Å². The first-order chi connectivity index (χ1) is 17.3. The molecular weight excluding hydrogens is 488 g/mol. The average Bonchev–Trinajstić information content (AvgIpc) is 2.84. The molecule has 0 bridgehead atoms. The van der Waals surface area contributed by atoms with Gasteiger partial charge in [-0.1, -0.05) is 24.3 Å². The second-order valence-corrected chi connectivity index (χ2v) is 8.05. The minimum atomic E-state index is -1.15. The summed E-state index contributed by atoms with van der Waals surface area (Å²) in [5.74, 6) is -3.18. The molecule has 0 amide bonds. The predicted molar refractivity (Wildman–Crippen MR) is 131 cm³/mol. The van der Waals surface area contributed by atoms with Crippen LogP contribution in [0.2, 0.25) is 0 Å². The molecule has 4 atom stereocenters. The Kier molecular flexibility index (Phi) is 12.7. The van der Waals surface area contributed by atoms with E-state index in [1.807, 2.05) is 0 Å². The van der Waals surface area contributed by atoms with Crippen LogP contribution in [0.15, 0.2) is 48.5 Å². The van der Waals surface area contributed by atoms with Crippen LogP contribution in [0, 0.1) is 0 Å². The van der Waals surface area contributed by atoms with Gasteiger partial charge in [0.05, 0.1) is 0 Å². The Labute approximate surface area is 212 Å². The number of esters is 2. The van der Waals surface area contributed by atoms with Crippen LogP contribution in [0.4, 0.5) is 0 Å². The molecule has 0 unspecified atom stereocenters. The van der Waals surface area contributed by atoms with Crippen LogP contribution >= 0.6 is 0 Å². The standard InChI is InChI=1S/C15H21N3O6.C9H11NO3/c1-8(16)14(21)23-7-12(18)15(22)24-10-4-2-9(3-5-10)6-11(17)13(19)20;10-8(9(12)13)5-6-1-3-7(11)4-2-6/h2-5,8,11-12H,6-7,16-18H2,1H3,(H,19,20);1-4,8,11H,5,10H2,(H,12,13)/t8-,11-,12-;8-/m00/s1. The summed E-state index contributed by atoms with van der Waals surface area (Å²) in [6, 6.07) is 8.62. The van der Waals surface area contributed by atoms with E-state index in [0.29, 0.717) is 5.56 Å². The molecule has 13 nitrogen and oxygen atoms in total. The maximum absolute atomic E-state index is 11.8. The number of aliphatic carboxylic acids is 2. The Morgan fingerprint density at radius 2 is 1.16 bits per heavy atom. The molecule has 2 aromatic carbocycles. The highest BCUT2D eigenvalue weighted by atomic mass is 16.6. The quantitative estimate of drug-likeness (QED) is 0.140. The Morgan fingerprint density at radius 1 is 0.730 bits per heavy atom. The number of rotatable bonds is 11. The summed E-state index contributed by atoms with van der Waals surface area (Å²) < 4.78 is 9.79. The van der Waals surface area contributed by atoms with Crippen molar-refractivity contribution in [2.24, 2.45) is 22.9 Å². The Bertz CT molecular complexity index is 1040. The fourth-order valence-corrected chi connectivity index (χ4v) is 2.57. The molecule has 0 saturated carbocycles. The van der Waals surface area contributed by atoms with Gasteiger partial charge in [0.1, 0.15) is 42.3 Å². The van der Waals surface area contributed by atoms with E-state index in [1.165, 1.54) is 31.2 Å². The van der Waals surface area contributed by atoms with E-state index < -0.39 is 48.0 Å². The van der Waals surface area contributed by atoms with Gasteiger partial charge in [-0.05, 0) is 55.2 Å². The largest absolute Gasteiger partial charge is 0.508 e.